The summed E-state index contributed by atoms with van der Waals surface area (Å²) in [6, 6.07) is 15.4. The predicted molar refractivity (Wildman–Crippen MR) is 129 cm³/mol. The standard InChI is InChI=1S/C24H21N3O5S2/c28-22(27-13-33-12-19(27)23(29)30)20-9-25-21(34-20)10-26-24(31)32-11-18-16-7-3-1-5-14(16)15-6-2-4-8-17(15)18/h1-9,18-19H,10-13H2,(H,26,31)(H,29,30)/t19-/m0/s1. The van der Waals surface area contributed by atoms with Crippen molar-refractivity contribution in [2.75, 3.05) is 18.2 Å². The SMILES string of the molecule is O=C(NCc1ncc(C(=O)N2CSC[C@H]2C(=O)O)s1)OCC1c2ccccc2-c2ccccc21. The van der Waals surface area contributed by atoms with Crippen molar-refractivity contribution < 1.29 is 24.2 Å². The lowest BCUT2D eigenvalue weighted by molar-refractivity contribution is -0.140. The van der Waals surface area contributed by atoms with Crippen molar-refractivity contribution in [1.29, 1.82) is 0 Å². The lowest BCUT2D eigenvalue weighted by Gasteiger charge is -2.19. The summed E-state index contributed by atoms with van der Waals surface area (Å²) in [5.41, 5.74) is 4.60. The van der Waals surface area contributed by atoms with Crippen LogP contribution in [0.4, 0.5) is 4.79 Å². The molecular formula is C24H21N3O5S2. The van der Waals surface area contributed by atoms with E-state index in [4.69, 9.17) is 4.74 Å². The molecular weight excluding hydrogens is 474 g/mol. The fraction of sp³-hybridized carbons (Fsp3) is 0.250. The van der Waals surface area contributed by atoms with E-state index in [2.05, 4.69) is 34.6 Å². The minimum Gasteiger partial charge on any atom is -0.480 e. The molecule has 1 aliphatic carbocycles. The van der Waals surface area contributed by atoms with Crippen LogP contribution in [0.3, 0.4) is 0 Å². The number of hydrogen-bond acceptors (Lipinski definition) is 7. The maximum atomic E-state index is 12.7. The van der Waals surface area contributed by atoms with Crippen molar-refractivity contribution >= 4 is 41.1 Å². The zero-order chi connectivity index (χ0) is 23.7. The van der Waals surface area contributed by atoms with Gasteiger partial charge in [-0.1, -0.05) is 48.5 Å². The molecule has 2 N–H and O–H groups in total. The number of carboxylic acid groups (broad SMARTS) is 1. The van der Waals surface area contributed by atoms with Gasteiger partial charge in [-0.15, -0.1) is 23.1 Å². The van der Waals surface area contributed by atoms with Gasteiger partial charge >= 0.3 is 12.1 Å². The molecule has 0 radical (unpaired) electrons. The van der Waals surface area contributed by atoms with Gasteiger partial charge in [0.25, 0.3) is 5.91 Å². The number of benzene rings is 2. The van der Waals surface area contributed by atoms with Crippen LogP contribution in [0.5, 0.6) is 0 Å². The number of amides is 2. The Morgan fingerprint density at radius 2 is 1.76 bits per heavy atom. The molecule has 1 fully saturated rings. The number of fused-ring (bicyclic) bond motifs is 3. The van der Waals surface area contributed by atoms with Gasteiger partial charge in [0.1, 0.15) is 22.5 Å². The van der Waals surface area contributed by atoms with Gasteiger partial charge < -0.3 is 20.1 Å². The predicted octanol–water partition coefficient (Wildman–Crippen LogP) is 3.78. The third-order valence-electron chi connectivity index (χ3n) is 5.92. The fourth-order valence-electron chi connectivity index (χ4n) is 4.28. The summed E-state index contributed by atoms with van der Waals surface area (Å²) >= 11 is 2.54. The van der Waals surface area contributed by atoms with E-state index in [1.54, 1.807) is 0 Å². The van der Waals surface area contributed by atoms with E-state index in [0.717, 1.165) is 33.6 Å². The van der Waals surface area contributed by atoms with Gasteiger partial charge in [0.2, 0.25) is 0 Å². The molecule has 0 unspecified atom stereocenters. The van der Waals surface area contributed by atoms with E-state index < -0.39 is 18.1 Å². The van der Waals surface area contributed by atoms with Crippen molar-refractivity contribution in [3.8, 4) is 11.1 Å². The second-order valence-electron chi connectivity index (χ2n) is 7.93. The van der Waals surface area contributed by atoms with Gasteiger partial charge in [-0.3, -0.25) is 4.79 Å². The third-order valence-corrected chi connectivity index (χ3v) is 7.92. The lowest BCUT2D eigenvalue weighted by atomic mass is 9.98. The Kier molecular flexibility index (Phi) is 6.25. The zero-order valence-corrected chi connectivity index (χ0v) is 19.6. The van der Waals surface area contributed by atoms with Crippen molar-refractivity contribution in [2.45, 2.75) is 18.5 Å². The molecule has 1 aliphatic heterocycles. The molecule has 2 amide bonds. The first-order valence-electron chi connectivity index (χ1n) is 10.7. The van der Waals surface area contributed by atoms with E-state index in [0.29, 0.717) is 21.5 Å². The van der Waals surface area contributed by atoms with Crippen molar-refractivity contribution in [2.24, 2.45) is 0 Å². The first-order chi connectivity index (χ1) is 16.5. The van der Waals surface area contributed by atoms with Gasteiger partial charge in [0.05, 0.1) is 18.6 Å². The molecule has 174 valence electrons. The first kappa shape index (κ1) is 22.4. The number of thioether (sulfide) groups is 1. The van der Waals surface area contributed by atoms with Crippen LogP contribution >= 0.6 is 23.1 Å². The average Bonchev–Trinajstić information content (AvgIpc) is 3.59. The van der Waals surface area contributed by atoms with E-state index in [-0.39, 0.29) is 25.0 Å². The molecule has 10 heteroatoms. The maximum absolute atomic E-state index is 12.7. The molecule has 34 heavy (non-hydrogen) atoms. The quantitative estimate of drug-likeness (QED) is 0.536. The molecule has 1 aromatic heterocycles. The topological polar surface area (TPSA) is 109 Å². The smallest absolute Gasteiger partial charge is 0.407 e. The number of aliphatic carboxylic acids is 1. The largest absolute Gasteiger partial charge is 0.480 e. The Morgan fingerprint density at radius 3 is 2.44 bits per heavy atom. The summed E-state index contributed by atoms with van der Waals surface area (Å²) in [5, 5.41) is 12.5. The molecule has 0 saturated carbocycles. The van der Waals surface area contributed by atoms with Crippen LogP contribution in [0.1, 0.15) is 31.7 Å². The molecule has 3 aromatic rings. The number of carboxylic acids is 1. The van der Waals surface area contributed by atoms with E-state index in [1.165, 1.54) is 22.9 Å². The highest BCUT2D eigenvalue weighted by atomic mass is 32.2. The second-order valence-corrected chi connectivity index (χ2v) is 10.0. The van der Waals surface area contributed by atoms with Gasteiger partial charge in [-0.2, -0.15) is 0 Å². The Balaban J connectivity index is 1.17. The van der Waals surface area contributed by atoms with E-state index >= 15 is 0 Å². The highest BCUT2D eigenvalue weighted by Crippen LogP contribution is 2.44. The monoisotopic (exact) mass is 495 g/mol. The van der Waals surface area contributed by atoms with Crippen molar-refractivity contribution in [3.05, 3.63) is 75.7 Å². The fourth-order valence-corrected chi connectivity index (χ4v) is 6.24. The van der Waals surface area contributed by atoms with E-state index in [9.17, 15) is 19.5 Å². The van der Waals surface area contributed by atoms with Crippen LogP contribution in [0.2, 0.25) is 0 Å². The highest BCUT2D eigenvalue weighted by Gasteiger charge is 2.35. The summed E-state index contributed by atoms with van der Waals surface area (Å²) in [7, 11) is 0. The molecule has 2 heterocycles. The van der Waals surface area contributed by atoms with Gasteiger partial charge in [-0.25, -0.2) is 14.6 Å². The first-order valence-corrected chi connectivity index (χ1v) is 12.6. The second kappa shape index (κ2) is 9.47. The van der Waals surface area contributed by atoms with Crippen molar-refractivity contribution in [1.82, 2.24) is 15.2 Å². The number of nitrogens with one attached hydrogen (secondary N) is 1. The number of alkyl carbamates (subject to hydrolysis) is 1. The van der Waals surface area contributed by atoms with Crippen LogP contribution < -0.4 is 5.32 Å². The Labute approximate surface area is 204 Å². The van der Waals surface area contributed by atoms with Crippen LogP contribution in [0.15, 0.2) is 54.7 Å². The molecule has 8 nitrogen and oxygen atoms in total. The minimum absolute atomic E-state index is 0.0252. The Bertz CT molecular complexity index is 1220. The van der Waals surface area contributed by atoms with Gasteiger partial charge in [0.15, 0.2) is 0 Å². The molecule has 2 aromatic carbocycles. The zero-order valence-electron chi connectivity index (χ0n) is 18.0. The summed E-state index contributed by atoms with van der Waals surface area (Å²) < 4.78 is 5.52. The van der Waals surface area contributed by atoms with Crippen LogP contribution in [-0.2, 0) is 16.1 Å². The number of thiazole rings is 1. The van der Waals surface area contributed by atoms with Crippen LogP contribution in [-0.4, -0.2) is 57.2 Å². The molecule has 2 aliphatic rings. The normalized spacial score (nSPS) is 16.7. The molecule has 1 atom stereocenters. The number of hydrogen-bond donors (Lipinski definition) is 2. The summed E-state index contributed by atoms with van der Waals surface area (Å²) in [6.07, 6.45) is 0.857. The Morgan fingerprint density at radius 1 is 1.09 bits per heavy atom. The summed E-state index contributed by atoms with van der Waals surface area (Å²) in [5.74, 6) is -0.693. The average molecular weight is 496 g/mol. The molecule has 5 rings (SSSR count). The molecule has 0 bridgehead atoms. The number of rotatable bonds is 6. The minimum atomic E-state index is -1.01. The maximum Gasteiger partial charge on any atom is 0.407 e. The molecule has 1 saturated heterocycles. The number of aromatic nitrogens is 1. The summed E-state index contributed by atoms with van der Waals surface area (Å²) in [4.78, 5) is 42.3. The third kappa shape index (κ3) is 4.26. The van der Waals surface area contributed by atoms with Crippen LogP contribution in [0.25, 0.3) is 11.1 Å². The molecule has 0 spiro atoms. The van der Waals surface area contributed by atoms with Crippen molar-refractivity contribution in [3.63, 3.8) is 0 Å². The lowest BCUT2D eigenvalue weighted by Crippen LogP contribution is -2.41. The number of carbonyl (C=O) groups excluding carboxylic acids is 2. The highest BCUT2D eigenvalue weighted by molar-refractivity contribution is 7.99. The number of ether oxygens (including phenoxy) is 1. The number of carbonyl (C=O) groups is 3. The summed E-state index contributed by atoms with van der Waals surface area (Å²) in [6.45, 7) is 0.330. The van der Waals surface area contributed by atoms with Gasteiger partial charge in [0, 0.05) is 11.7 Å². The van der Waals surface area contributed by atoms with Crippen LogP contribution in [0, 0.1) is 0 Å². The Hall–Kier alpha value is -3.37. The van der Waals surface area contributed by atoms with E-state index in [1.807, 2.05) is 24.3 Å². The number of nitrogens with zero attached hydrogens (tertiary/aromatic N) is 2. The van der Waals surface area contributed by atoms with Gasteiger partial charge in [-0.05, 0) is 22.3 Å².